The number of hydrogen-bond donors (Lipinski definition) is 2. The van der Waals surface area contributed by atoms with Gasteiger partial charge in [0.1, 0.15) is 0 Å². The summed E-state index contributed by atoms with van der Waals surface area (Å²) in [5, 5.41) is 10.8. The van der Waals surface area contributed by atoms with E-state index in [0.29, 0.717) is 12.1 Å². The van der Waals surface area contributed by atoms with Crippen molar-refractivity contribution in [1.82, 2.24) is 0 Å². The highest BCUT2D eigenvalue weighted by Crippen LogP contribution is 2.24. The average Bonchev–Trinajstić information content (AvgIpc) is 2.29. The minimum atomic E-state index is -0.370. The Kier molecular flexibility index (Phi) is 7.50. The highest BCUT2D eigenvalue weighted by molar-refractivity contribution is 5.85. The highest BCUT2D eigenvalue weighted by Gasteiger charge is 2.14. The van der Waals surface area contributed by atoms with Crippen LogP contribution in [0.1, 0.15) is 36.4 Å². The van der Waals surface area contributed by atoms with Crippen molar-refractivity contribution in [1.29, 1.82) is 0 Å². The number of nitro benzene ring substituents is 1. The molecule has 18 heavy (non-hydrogen) atoms. The largest absolute Gasteiger partial charge is 0.330 e. The summed E-state index contributed by atoms with van der Waals surface area (Å²) in [7, 11) is 0. The Balaban J connectivity index is 0.00000289. The molecule has 1 rings (SSSR count). The summed E-state index contributed by atoms with van der Waals surface area (Å²) < 4.78 is 0. The van der Waals surface area contributed by atoms with Crippen molar-refractivity contribution < 1.29 is 4.92 Å². The maximum Gasteiger partial charge on any atom is 0.272 e. The predicted molar refractivity (Wildman–Crippen MR) is 74.9 cm³/mol. The van der Waals surface area contributed by atoms with E-state index in [-0.39, 0.29) is 29.1 Å². The van der Waals surface area contributed by atoms with Crippen LogP contribution in [0, 0.1) is 17.0 Å². The summed E-state index contributed by atoms with van der Waals surface area (Å²) in [5.74, 6) is 0. The molecule has 0 heterocycles. The predicted octanol–water partition coefficient (Wildman–Crippen LogP) is 2.45. The van der Waals surface area contributed by atoms with Crippen LogP contribution < -0.4 is 11.5 Å². The van der Waals surface area contributed by atoms with E-state index in [9.17, 15) is 10.1 Å². The number of aryl methyl sites for hydroxylation is 1. The van der Waals surface area contributed by atoms with Crippen LogP contribution in [0.25, 0.3) is 0 Å². The van der Waals surface area contributed by atoms with E-state index in [4.69, 9.17) is 11.5 Å². The first-order chi connectivity index (χ1) is 8.06. The van der Waals surface area contributed by atoms with Crippen molar-refractivity contribution >= 4 is 18.1 Å². The quantitative estimate of drug-likeness (QED) is 0.473. The first-order valence-corrected chi connectivity index (χ1v) is 5.77. The molecule has 0 bridgehead atoms. The number of nitrogens with two attached hydrogens (primary N) is 2. The van der Waals surface area contributed by atoms with Crippen LogP contribution in [0.4, 0.5) is 5.69 Å². The first-order valence-electron chi connectivity index (χ1n) is 5.77. The number of halogens is 1. The van der Waals surface area contributed by atoms with Crippen molar-refractivity contribution in [2.24, 2.45) is 11.5 Å². The minimum Gasteiger partial charge on any atom is -0.330 e. The highest BCUT2D eigenvalue weighted by atomic mass is 35.5. The molecule has 0 spiro atoms. The fraction of sp³-hybridized carbons (Fsp3) is 0.500. The van der Waals surface area contributed by atoms with Crippen molar-refractivity contribution in [2.45, 2.75) is 32.2 Å². The normalized spacial score (nSPS) is 11.7. The van der Waals surface area contributed by atoms with Crippen molar-refractivity contribution in [3.8, 4) is 0 Å². The topological polar surface area (TPSA) is 95.2 Å². The molecule has 0 saturated carbocycles. The van der Waals surface area contributed by atoms with Crippen LogP contribution in [0.3, 0.4) is 0 Å². The lowest BCUT2D eigenvalue weighted by Gasteiger charge is -2.12. The maximum atomic E-state index is 10.8. The van der Waals surface area contributed by atoms with Gasteiger partial charge in [0.2, 0.25) is 0 Å². The molecule has 1 aromatic rings. The second-order valence-corrected chi connectivity index (χ2v) is 4.19. The summed E-state index contributed by atoms with van der Waals surface area (Å²) >= 11 is 0. The molecular formula is C12H20ClN3O2. The lowest BCUT2D eigenvalue weighted by molar-refractivity contribution is -0.385. The average molecular weight is 274 g/mol. The lowest BCUT2D eigenvalue weighted by Crippen LogP contribution is -2.11. The van der Waals surface area contributed by atoms with Crippen LogP contribution in [-0.2, 0) is 0 Å². The Morgan fingerprint density at radius 3 is 2.61 bits per heavy atom. The number of hydrogen-bond acceptors (Lipinski definition) is 4. The third-order valence-electron chi connectivity index (χ3n) is 2.83. The third-order valence-corrected chi connectivity index (χ3v) is 2.83. The zero-order valence-electron chi connectivity index (χ0n) is 10.5. The van der Waals surface area contributed by atoms with Gasteiger partial charge < -0.3 is 11.5 Å². The van der Waals surface area contributed by atoms with E-state index < -0.39 is 0 Å². The smallest absolute Gasteiger partial charge is 0.272 e. The van der Waals surface area contributed by atoms with Crippen molar-refractivity contribution in [3.63, 3.8) is 0 Å². The molecule has 102 valence electrons. The van der Waals surface area contributed by atoms with E-state index >= 15 is 0 Å². The SMILES string of the molecule is Cc1ccc([C@@H](N)CCCCN)cc1[N+](=O)[O-].Cl. The Morgan fingerprint density at radius 2 is 2.06 bits per heavy atom. The molecule has 1 aromatic carbocycles. The molecule has 0 aliphatic rings. The van der Waals surface area contributed by atoms with E-state index in [0.717, 1.165) is 24.8 Å². The van der Waals surface area contributed by atoms with Crippen LogP contribution in [0.15, 0.2) is 18.2 Å². The molecule has 0 aliphatic carbocycles. The van der Waals surface area contributed by atoms with Crippen molar-refractivity contribution in [2.75, 3.05) is 6.54 Å². The minimum absolute atomic E-state index is 0. The van der Waals surface area contributed by atoms with Crippen LogP contribution in [-0.4, -0.2) is 11.5 Å². The Bertz CT molecular complexity index is 399. The van der Waals surface area contributed by atoms with Gasteiger partial charge in [-0.3, -0.25) is 10.1 Å². The molecule has 6 heteroatoms. The molecule has 0 saturated heterocycles. The van der Waals surface area contributed by atoms with E-state index in [1.54, 1.807) is 19.1 Å². The molecule has 4 N–H and O–H groups in total. The van der Waals surface area contributed by atoms with Gasteiger partial charge in [-0.1, -0.05) is 18.6 Å². The van der Waals surface area contributed by atoms with Gasteiger partial charge in [0, 0.05) is 17.7 Å². The summed E-state index contributed by atoms with van der Waals surface area (Å²) in [5.41, 5.74) is 13.0. The van der Waals surface area contributed by atoms with E-state index in [2.05, 4.69) is 0 Å². The van der Waals surface area contributed by atoms with Gasteiger partial charge in [-0.05, 0) is 31.9 Å². The Hall–Kier alpha value is -1.17. The Labute approximate surface area is 113 Å². The number of benzene rings is 1. The summed E-state index contributed by atoms with van der Waals surface area (Å²) in [6.07, 6.45) is 2.68. The van der Waals surface area contributed by atoms with Crippen LogP contribution >= 0.6 is 12.4 Å². The monoisotopic (exact) mass is 273 g/mol. The molecule has 0 fully saturated rings. The summed E-state index contributed by atoms with van der Waals surface area (Å²) in [6, 6.07) is 5.02. The third kappa shape index (κ3) is 4.60. The molecule has 5 nitrogen and oxygen atoms in total. The molecule has 0 aliphatic heterocycles. The van der Waals surface area contributed by atoms with Gasteiger partial charge >= 0.3 is 0 Å². The van der Waals surface area contributed by atoms with Gasteiger partial charge in [0.05, 0.1) is 4.92 Å². The second-order valence-electron chi connectivity index (χ2n) is 4.19. The van der Waals surface area contributed by atoms with Crippen molar-refractivity contribution in [3.05, 3.63) is 39.4 Å². The van der Waals surface area contributed by atoms with Gasteiger partial charge in [0.25, 0.3) is 5.69 Å². The molecular weight excluding hydrogens is 254 g/mol. The maximum absolute atomic E-state index is 10.8. The van der Waals surface area contributed by atoms with Gasteiger partial charge in [-0.2, -0.15) is 0 Å². The zero-order chi connectivity index (χ0) is 12.8. The van der Waals surface area contributed by atoms with E-state index in [1.165, 1.54) is 0 Å². The number of nitrogens with zero attached hydrogens (tertiary/aromatic N) is 1. The standard InChI is InChI=1S/C12H19N3O2.ClH/c1-9-5-6-10(8-12(9)15(16)17)11(14)4-2-3-7-13;/h5-6,8,11H,2-4,7,13-14H2,1H3;1H/t11-;/m0./s1. The zero-order valence-corrected chi connectivity index (χ0v) is 11.3. The fourth-order valence-corrected chi connectivity index (χ4v) is 1.73. The molecule has 0 aromatic heterocycles. The van der Waals surface area contributed by atoms with Crippen LogP contribution in [0.5, 0.6) is 0 Å². The first kappa shape index (κ1) is 16.8. The number of rotatable bonds is 6. The Morgan fingerprint density at radius 1 is 1.39 bits per heavy atom. The molecule has 0 unspecified atom stereocenters. The van der Waals surface area contributed by atoms with Crippen LogP contribution in [0.2, 0.25) is 0 Å². The lowest BCUT2D eigenvalue weighted by atomic mass is 10.00. The molecule has 0 radical (unpaired) electrons. The molecule has 1 atom stereocenters. The summed E-state index contributed by atoms with van der Waals surface area (Å²) in [6.45, 7) is 2.38. The molecule has 0 amide bonds. The number of unbranched alkanes of at least 4 members (excludes halogenated alkanes) is 1. The fourth-order valence-electron chi connectivity index (χ4n) is 1.73. The van der Waals surface area contributed by atoms with Gasteiger partial charge in [-0.25, -0.2) is 0 Å². The van der Waals surface area contributed by atoms with Gasteiger partial charge in [0.15, 0.2) is 0 Å². The summed E-state index contributed by atoms with van der Waals surface area (Å²) in [4.78, 5) is 10.4. The van der Waals surface area contributed by atoms with Gasteiger partial charge in [-0.15, -0.1) is 12.4 Å². The van der Waals surface area contributed by atoms with E-state index in [1.807, 2.05) is 6.07 Å². The second kappa shape index (κ2) is 8.02. The number of nitro groups is 1.